The first-order valence-corrected chi connectivity index (χ1v) is 6.20. The van der Waals surface area contributed by atoms with Gasteiger partial charge in [0.2, 0.25) is 0 Å². The summed E-state index contributed by atoms with van der Waals surface area (Å²) < 4.78 is 10.5. The monoisotopic (exact) mass is 246 g/mol. The third-order valence-electron chi connectivity index (χ3n) is 1.88. The summed E-state index contributed by atoms with van der Waals surface area (Å²) in [7, 11) is 0. The Bertz CT molecular complexity index is 202. The van der Waals surface area contributed by atoms with Crippen LogP contribution in [0.3, 0.4) is 0 Å². The van der Waals surface area contributed by atoms with Gasteiger partial charge in [-0.2, -0.15) is 0 Å². The van der Waals surface area contributed by atoms with E-state index in [0.29, 0.717) is 19.7 Å². The van der Waals surface area contributed by atoms with Gasteiger partial charge in [-0.1, -0.05) is 0 Å². The van der Waals surface area contributed by atoms with Crippen LogP contribution in [0.2, 0.25) is 0 Å². The van der Waals surface area contributed by atoms with E-state index in [1.165, 1.54) is 0 Å². The molecule has 1 amide bonds. The van der Waals surface area contributed by atoms with E-state index in [0.717, 1.165) is 25.9 Å². The summed E-state index contributed by atoms with van der Waals surface area (Å²) in [6.45, 7) is 8.20. The highest BCUT2D eigenvalue weighted by Gasteiger charge is 2.15. The Hall–Kier alpha value is -0.810. The lowest BCUT2D eigenvalue weighted by Gasteiger charge is -2.19. The van der Waals surface area contributed by atoms with Crippen molar-refractivity contribution >= 4 is 6.09 Å². The Labute approximate surface area is 104 Å². The molecule has 0 bridgehead atoms. The highest BCUT2D eigenvalue weighted by Crippen LogP contribution is 2.06. The number of amides is 1. The molecule has 0 aromatic carbocycles. The Morgan fingerprint density at radius 1 is 1.18 bits per heavy atom. The van der Waals surface area contributed by atoms with E-state index in [2.05, 4.69) is 5.32 Å². The molecular formula is C12H26N2O3. The van der Waals surface area contributed by atoms with Crippen molar-refractivity contribution in [3.8, 4) is 0 Å². The maximum atomic E-state index is 11.2. The minimum Gasteiger partial charge on any atom is -0.444 e. The third-order valence-corrected chi connectivity index (χ3v) is 1.88. The van der Waals surface area contributed by atoms with E-state index in [9.17, 15) is 4.79 Å². The second kappa shape index (κ2) is 9.24. The summed E-state index contributed by atoms with van der Waals surface area (Å²) in [5.41, 5.74) is 4.92. The predicted molar refractivity (Wildman–Crippen MR) is 68.0 cm³/mol. The SMILES string of the molecule is CC(C)(C)OC(=O)NCCCOCCCCN. The molecule has 102 valence electrons. The van der Waals surface area contributed by atoms with Crippen molar-refractivity contribution in [1.29, 1.82) is 0 Å². The minimum absolute atomic E-state index is 0.374. The van der Waals surface area contributed by atoms with Gasteiger partial charge in [0.25, 0.3) is 0 Å². The first-order valence-electron chi connectivity index (χ1n) is 6.20. The second-order valence-corrected chi connectivity index (χ2v) is 4.89. The van der Waals surface area contributed by atoms with Gasteiger partial charge >= 0.3 is 6.09 Å². The summed E-state index contributed by atoms with van der Waals surface area (Å²) in [5.74, 6) is 0. The molecule has 0 atom stereocenters. The number of carbonyl (C=O) groups is 1. The zero-order valence-electron chi connectivity index (χ0n) is 11.3. The van der Waals surface area contributed by atoms with Crippen LogP contribution >= 0.6 is 0 Å². The lowest BCUT2D eigenvalue weighted by atomic mass is 10.2. The molecule has 5 heteroatoms. The first kappa shape index (κ1) is 16.2. The largest absolute Gasteiger partial charge is 0.444 e. The van der Waals surface area contributed by atoms with Gasteiger partial charge in [0.15, 0.2) is 0 Å². The van der Waals surface area contributed by atoms with Gasteiger partial charge in [-0.15, -0.1) is 0 Å². The van der Waals surface area contributed by atoms with E-state index in [4.69, 9.17) is 15.2 Å². The van der Waals surface area contributed by atoms with Crippen molar-refractivity contribution in [3.05, 3.63) is 0 Å². The number of unbranched alkanes of at least 4 members (excludes halogenated alkanes) is 1. The maximum Gasteiger partial charge on any atom is 0.407 e. The average Bonchev–Trinajstić information content (AvgIpc) is 2.19. The molecule has 0 heterocycles. The fourth-order valence-electron chi connectivity index (χ4n) is 1.13. The molecule has 0 aliphatic rings. The van der Waals surface area contributed by atoms with Gasteiger partial charge in [0.1, 0.15) is 5.60 Å². The average molecular weight is 246 g/mol. The fraction of sp³-hybridized carbons (Fsp3) is 0.917. The van der Waals surface area contributed by atoms with Crippen LogP contribution in [0.1, 0.15) is 40.0 Å². The van der Waals surface area contributed by atoms with Gasteiger partial charge in [0.05, 0.1) is 0 Å². The number of nitrogens with two attached hydrogens (primary N) is 1. The second-order valence-electron chi connectivity index (χ2n) is 4.89. The molecule has 0 aliphatic carbocycles. The molecule has 0 aromatic rings. The van der Waals surface area contributed by atoms with Crippen LogP contribution in [0.4, 0.5) is 4.79 Å². The molecule has 5 nitrogen and oxygen atoms in total. The molecule has 0 spiro atoms. The summed E-state index contributed by atoms with van der Waals surface area (Å²) in [4.78, 5) is 11.2. The Balaban J connectivity index is 3.25. The smallest absolute Gasteiger partial charge is 0.407 e. The molecule has 17 heavy (non-hydrogen) atoms. The highest BCUT2D eigenvalue weighted by atomic mass is 16.6. The Kier molecular flexibility index (Phi) is 8.80. The molecule has 0 saturated carbocycles. The molecule has 0 rings (SSSR count). The van der Waals surface area contributed by atoms with Crippen molar-refractivity contribution < 1.29 is 14.3 Å². The molecule has 0 fully saturated rings. The maximum absolute atomic E-state index is 11.2. The van der Waals surface area contributed by atoms with Gasteiger partial charge in [-0.25, -0.2) is 4.79 Å². The number of rotatable bonds is 8. The molecular weight excluding hydrogens is 220 g/mol. The number of ether oxygens (including phenoxy) is 2. The zero-order chi connectivity index (χ0) is 13.1. The summed E-state index contributed by atoms with van der Waals surface area (Å²) in [6.07, 6.45) is 2.41. The number of carbonyl (C=O) groups excluding carboxylic acids is 1. The number of alkyl carbamates (subject to hydrolysis) is 1. The normalized spacial score (nSPS) is 11.3. The first-order chi connectivity index (χ1) is 7.95. The fourth-order valence-corrected chi connectivity index (χ4v) is 1.13. The van der Waals surface area contributed by atoms with Crippen LogP contribution in [0.15, 0.2) is 0 Å². The Morgan fingerprint density at radius 3 is 2.41 bits per heavy atom. The van der Waals surface area contributed by atoms with Crippen LogP contribution < -0.4 is 11.1 Å². The lowest BCUT2D eigenvalue weighted by molar-refractivity contribution is 0.0519. The van der Waals surface area contributed by atoms with Gasteiger partial charge in [-0.05, 0) is 46.6 Å². The number of hydrogen-bond donors (Lipinski definition) is 2. The molecule has 0 radical (unpaired) electrons. The van der Waals surface area contributed by atoms with E-state index >= 15 is 0 Å². The lowest BCUT2D eigenvalue weighted by Crippen LogP contribution is -2.33. The highest BCUT2D eigenvalue weighted by molar-refractivity contribution is 5.67. The quantitative estimate of drug-likeness (QED) is 0.639. The van der Waals surface area contributed by atoms with Crippen LogP contribution in [0.25, 0.3) is 0 Å². The van der Waals surface area contributed by atoms with E-state index < -0.39 is 5.60 Å². The van der Waals surface area contributed by atoms with Crippen LogP contribution in [-0.4, -0.2) is 38.0 Å². The van der Waals surface area contributed by atoms with Crippen molar-refractivity contribution in [2.45, 2.75) is 45.6 Å². The standard InChI is InChI=1S/C12H26N2O3/c1-12(2,3)17-11(15)14-8-6-10-16-9-5-4-7-13/h4-10,13H2,1-3H3,(H,14,15). The number of nitrogens with one attached hydrogen (secondary N) is 1. The van der Waals surface area contributed by atoms with Crippen LogP contribution in [-0.2, 0) is 9.47 Å². The van der Waals surface area contributed by atoms with E-state index in [1.807, 2.05) is 20.8 Å². The van der Waals surface area contributed by atoms with Crippen LogP contribution in [0.5, 0.6) is 0 Å². The summed E-state index contributed by atoms with van der Waals surface area (Å²) in [5, 5.41) is 2.68. The van der Waals surface area contributed by atoms with E-state index in [-0.39, 0.29) is 6.09 Å². The zero-order valence-corrected chi connectivity index (χ0v) is 11.3. The van der Waals surface area contributed by atoms with Crippen molar-refractivity contribution in [1.82, 2.24) is 5.32 Å². The molecule has 0 saturated heterocycles. The van der Waals surface area contributed by atoms with Gasteiger partial charge in [-0.3, -0.25) is 0 Å². The topological polar surface area (TPSA) is 73.6 Å². The summed E-state index contributed by atoms with van der Waals surface area (Å²) >= 11 is 0. The van der Waals surface area contributed by atoms with Gasteiger partial charge in [0, 0.05) is 19.8 Å². The summed E-state index contributed by atoms with van der Waals surface area (Å²) in [6, 6.07) is 0. The van der Waals surface area contributed by atoms with Crippen LogP contribution in [0, 0.1) is 0 Å². The number of hydrogen-bond acceptors (Lipinski definition) is 4. The van der Waals surface area contributed by atoms with Crippen molar-refractivity contribution in [3.63, 3.8) is 0 Å². The van der Waals surface area contributed by atoms with Crippen molar-refractivity contribution in [2.24, 2.45) is 5.73 Å². The van der Waals surface area contributed by atoms with Crippen molar-refractivity contribution in [2.75, 3.05) is 26.3 Å². The molecule has 3 N–H and O–H groups in total. The molecule has 0 aromatic heterocycles. The predicted octanol–water partition coefficient (Wildman–Crippen LogP) is 1.66. The van der Waals surface area contributed by atoms with E-state index in [1.54, 1.807) is 0 Å². The minimum atomic E-state index is -0.442. The Morgan fingerprint density at radius 2 is 1.82 bits per heavy atom. The third kappa shape index (κ3) is 13.1. The molecule has 0 aliphatic heterocycles. The van der Waals surface area contributed by atoms with Gasteiger partial charge < -0.3 is 20.5 Å². The molecule has 0 unspecified atom stereocenters.